The number of nitrogens with one attached hydrogen (secondary N) is 1. The summed E-state index contributed by atoms with van der Waals surface area (Å²) >= 11 is 9.11. The van der Waals surface area contributed by atoms with Crippen molar-refractivity contribution in [2.45, 2.75) is 12.5 Å². The number of alkyl halides is 1. The Morgan fingerprint density at radius 1 is 1.42 bits per heavy atom. The van der Waals surface area contributed by atoms with E-state index in [2.05, 4.69) is 21.2 Å². The first-order valence-corrected chi connectivity index (χ1v) is 7.38. The molecule has 4 nitrogen and oxygen atoms in total. The molecular weight excluding hydrogens is 334 g/mol. The minimum absolute atomic E-state index is 0.0158. The van der Waals surface area contributed by atoms with Crippen molar-refractivity contribution in [3.8, 4) is 5.75 Å². The van der Waals surface area contributed by atoms with E-state index < -0.39 is 0 Å². The van der Waals surface area contributed by atoms with Crippen molar-refractivity contribution >= 4 is 33.4 Å². The van der Waals surface area contributed by atoms with E-state index in [9.17, 15) is 4.79 Å². The number of ether oxygens (including phenoxy) is 2. The fraction of sp³-hybridized carbons (Fsp3) is 0.462. The number of carbonyl (C=O) groups excluding carboxylic acids is 1. The number of methoxy groups -OCH3 is 1. The number of carbonyl (C=O) groups is 1. The summed E-state index contributed by atoms with van der Waals surface area (Å²) in [5.41, 5.74) is 0. The third-order valence-corrected chi connectivity index (χ3v) is 3.44. The topological polar surface area (TPSA) is 47.6 Å². The van der Waals surface area contributed by atoms with E-state index in [4.69, 9.17) is 21.1 Å². The first kappa shape index (κ1) is 16.3. The van der Waals surface area contributed by atoms with Gasteiger partial charge >= 0.3 is 0 Å². The average Bonchev–Trinajstić information content (AvgIpc) is 2.42. The smallest absolute Gasteiger partial charge is 0.258 e. The Kier molecular flexibility index (Phi) is 7.86. The lowest BCUT2D eigenvalue weighted by Gasteiger charge is -2.16. The zero-order chi connectivity index (χ0) is 14.1. The second-order valence-corrected chi connectivity index (χ2v) is 5.03. The van der Waals surface area contributed by atoms with Gasteiger partial charge in [0.2, 0.25) is 0 Å². The van der Waals surface area contributed by atoms with Gasteiger partial charge < -0.3 is 14.8 Å². The molecule has 6 heteroatoms. The van der Waals surface area contributed by atoms with E-state index in [1.807, 2.05) is 0 Å². The molecule has 1 aromatic carbocycles. The van der Waals surface area contributed by atoms with Crippen LogP contribution in [-0.4, -0.2) is 37.6 Å². The summed E-state index contributed by atoms with van der Waals surface area (Å²) in [6, 6.07) is 6.93. The number of rotatable bonds is 8. The van der Waals surface area contributed by atoms with E-state index in [1.54, 1.807) is 31.4 Å². The molecule has 0 aromatic heterocycles. The molecule has 0 bridgehead atoms. The van der Waals surface area contributed by atoms with Gasteiger partial charge in [-0.1, -0.05) is 27.5 Å². The molecule has 0 aliphatic rings. The van der Waals surface area contributed by atoms with Gasteiger partial charge in [0.1, 0.15) is 5.75 Å². The first-order valence-electron chi connectivity index (χ1n) is 5.88. The second kappa shape index (κ2) is 9.18. The molecule has 1 amide bonds. The summed E-state index contributed by atoms with van der Waals surface area (Å²) in [7, 11) is 1.64. The largest absolute Gasteiger partial charge is 0.484 e. The maximum absolute atomic E-state index is 11.7. The lowest BCUT2D eigenvalue weighted by molar-refractivity contribution is -0.123. The fourth-order valence-corrected chi connectivity index (χ4v) is 2.01. The highest BCUT2D eigenvalue weighted by Gasteiger charge is 2.11. The number of hydrogen-bond acceptors (Lipinski definition) is 3. The van der Waals surface area contributed by atoms with Gasteiger partial charge in [0.15, 0.2) is 6.61 Å². The maximum Gasteiger partial charge on any atom is 0.258 e. The van der Waals surface area contributed by atoms with Gasteiger partial charge in [-0.05, 0) is 30.7 Å². The Morgan fingerprint density at radius 3 is 2.68 bits per heavy atom. The molecule has 1 atom stereocenters. The monoisotopic (exact) mass is 349 g/mol. The number of benzene rings is 1. The Hall–Kier alpha value is -0.780. The zero-order valence-electron chi connectivity index (χ0n) is 10.7. The van der Waals surface area contributed by atoms with Crippen molar-refractivity contribution in [3.63, 3.8) is 0 Å². The van der Waals surface area contributed by atoms with Crippen molar-refractivity contribution in [1.29, 1.82) is 0 Å². The van der Waals surface area contributed by atoms with Crippen LogP contribution in [0.5, 0.6) is 5.75 Å². The van der Waals surface area contributed by atoms with Gasteiger partial charge in [-0.25, -0.2) is 0 Å². The van der Waals surface area contributed by atoms with Crippen LogP contribution in [0.15, 0.2) is 24.3 Å². The predicted molar refractivity (Wildman–Crippen MR) is 79.2 cm³/mol. The molecule has 1 unspecified atom stereocenters. The molecule has 0 fully saturated rings. The van der Waals surface area contributed by atoms with Crippen molar-refractivity contribution < 1.29 is 14.3 Å². The van der Waals surface area contributed by atoms with Crippen LogP contribution in [0.4, 0.5) is 0 Å². The molecular formula is C13H17BrClNO3. The van der Waals surface area contributed by atoms with Crippen LogP contribution in [0.3, 0.4) is 0 Å². The third kappa shape index (κ3) is 6.80. The molecule has 0 aliphatic carbocycles. The van der Waals surface area contributed by atoms with Crippen molar-refractivity contribution in [2.75, 3.05) is 25.7 Å². The Balaban J connectivity index is 2.32. The summed E-state index contributed by atoms with van der Waals surface area (Å²) in [4.78, 5) is 11.7. The molecule has 0 aliphatic heterocycles. The predicted octanol–water partition coefficient (Wildman–Crippen LogP) is 2.64. The number of halogens is 2. The lowest BCUT2D eigenvalue weighted by Crippen LogP contribution is -2.39. The van der Waals surface area contributed by atoms with Crippen LogP contribution in [-0.2, 0) is 9.53 Å². The van der Waals surface area contributed by atoms with Gasteiger partial charge in [-0.15, -0.1) is 0 Å². The van der Waals surface area contributed by atoms with Gasteiger partial charge in [0, 0.05) is 30.1 Å². The maximum atomic E-state index is 11.7. The number of hydrogen-bond donors (Lipinski definition) is 1. The number of amides is 1. The van der Waals surface area contributed by atoms with Gasteiger partial charge in [0.05, 0.1) is 0 Å². The van der Waals surface area contributed by atoms with Crippen molar-refractivity contribution in [2.24, 2.45) is 0 Å². The minimum atomic E-state index is -0.157. The second-order valence-electron chi connectivity index (χ2n) is 3.94. The van der Waals surface area contributed by atoms with E-state index >= 15 is 0 Å². The molecule has 1 aromatic rings. The van der Waals surface area contributed by atoms with Crippen LogP contribution in [0, 0.1) is 0 Å². The van der Waals surface area contributed by atoms with Crippen LogP contribution in [0.25, 0.3) is 0 Å². The molecule has 19 heavy (non-hydrogen) atoms. The third-order valence-electron chi connectivity index (χ3n) is 2.41. The summed E-state index contributed by atoms with van der Waals surface area (Å²) in [6.45, 7) is 0.590. The van der Waals surface area contributed by atoms with Gasteiger partial charge in [-0.2, -0.15) is 0 Å². The van der Waals surface area contributed by atoms with E-state index in [0.29, 0.717) is 22.7 Å². The Bertz CT molecular complexity index is 386. The molecule has 0 spiro atoms. The molecule has 0 heterocycles. The summed E-state index contributed by atoms with van der Waals surface area (Å²) in [6.07, 6.45) is 0.758. The highest BCUT2D eigenvalue weighted by atomic mass is 79.9. The average molecular weight is 351 g/mol. The lowest BCUT2D eigenvalue weighted by atomic mass is 10.2. The standard InChI is InChI=1S/C13H17BrClNO3/c1-18-7-6-11(8-14)16-13(17)9-19-12-4-2-10(15)3-5-12/h2-5,11H,6-9H2,1H3,(H,16,17). The van der Waals surface area contributed by atoms with Crippen LogP contribution < -0.4 is 10.1 Å². The molecule has 0 radical (unpaired) electrons. The Morgan fingerprint density at radius 2 is 2.11 bits per heavy atom. The molecule has 1 rings (SSSR count). The molecule has 106 valence electrons. The first-order chi connectivity index (χ1) is 9.15. The van der Waals surface area contributed by atoms with E-state index in [0.717, 1.165) is 6.42 Å². The van der Waals surface area contributed by atoms with E-state index in [-0.39, 0.29) is 18.6 Å². The molecule has 0 saturated carbocycles. The van der Waals surface area contributed by atoms with Crippen LogP contribution in [0.2, 0.25) is 5.02 Å². The van der Waals surface area contributed by atoms with Gasteiger partial charge in [0.25, 0.3) is 5.91 Å². The normalized spacial score (nSPS) is 11.9. The Labute approximate surface area is 126 Å². The zero-order valence-corrected chi connectivity index (χ0v) is 13.0. The van der Waals surface area contributed by atoms with Gasteiger partial charge in [-0.3, -0.25) is 4.79 Å². The fourth-order valence-electron chi connectivity index (χ4n) is 1.40. The molecule has 0 saturated heterocycles. The summed E-state index contributed by atoms with van der Waals surface area (Å²) in [5, 5.41) is 4.18. The quantitative estimate of drug-likeness (QED) is 0.733. The van der Waals surface area contributed by atoms with Crippen molar-refractivity contribution in [1.82, 2.24) is 5.32 Å². The highest BCUT2D eigenvalue weighted by Crippen LogP contribution is 2.15. The van der Waals surface area contributed by atoms with Crippen molar-refractivity contribution in [3.05, 3.63) is 29.3 Å². The van der Waals surface area contributed by atoms with Crippen LogP contribution in [0.1, 0.15) is 6.42 Å². The van der Waals surface area contributed by atoms with Crippen LogP contribution >= 0.6 is 27.5 Å². The SMILES string of the molecule is COCCC(CBr)NC(=O)COc1ccc(Cl)cc1. The highest BCUT2D eigenvalue weighted by molar-refractivity contribution is 9.09. The molecule has 1 N–H and O–H groups in total. The summed E-state index contributed by atoms with van der Waals surface area (Å²) < 4.78 is 10.3. The summed E-state index contributed by atoms with van der Waals surface area (Å²) in [5.74, 6) is 0.460. The minimum Gasteiger partial charge on any atom is -0.484 e. The van der Waals surface area contributed by atoms with E-state index in [1.165, 1.54) is 0 Å².